The number of aryl methyl sites for hydroxylation is 1. The van der Waals surface area contributed by atoms with Crippen LogP contribution in [0.1, 0.15) is 35.0 Å². The molecule has 1 aromatic carbocycles. The summed E-state index contributed by atoms with van der Waals surface area (Å²) < 4.78 is 7.61. The standard InChI is InChI=1S/C19H19N3O3/c1-13-10-20-22(11-13)14-5-4-8-21(12-14)19(24)18-9-16(23)15-6-2-3-7-17(15)25-18/h2-3,6-7,9-11,14H,4-5,8,12H2,1H3. The third-order valence-corrected chi connectivity index (χ3v) is 4.63. The van der Waals surface area contributed by atoms with Gasteiger partial charge in [-0.15, -0.1) is 0 Å². The molecule has 1 saturated heterocycles. The van der Waals surface area contributed by atoms with Gasteiger partial charge in [0.2, 0.25) is 0 Å². The van der Waals surface area contributed by atoms with Gasteiger partial charge in [-0.3, -0.25) is 14.3 Å². The summed E-state index contributed by atoms with van der Waals surface area (Å²) in [4.78, 5) is 26.8. The zero-order valence-corrected chi connectivity index (χ0v) is 14.0. The first-order valence-electron chi connectivity index (χ1n) is 8.45. The number of carbonyl (C=O) groups is 1. The molecule has 0 aliphatic carbocycles. The van der Waals surface area contributed by atoms with Crippen molar-refractivity contribution in [3.8, 4) is 0 Å². The van der Waals surface area contributed by atoms with Crippen LogP contribution in [-0.4, -0.2) is 33.7 Å². The average molecular weight is 337 g/mol. The van der Waals surface area contributed by atoms with Crippen molar-refractivity contribution in [3.63, 3.8) is 0 Å². The Balaban J connectivity index is 1.61. The lowest BCUT2D eigenvalue weighted by molar-refractivity contribution is 0.0641. The van der Waals surface area contributed by atoms with Crippen molar-refractivity contribution >= 4 is 16.9 Å². The van der Waals surface area contributed by atoms with E-state index in [0.717, 1.165) is 18.4 Å². The number of hydrogen-bond acceptors (Lipinski definition) is 4. The lowest BCUT2D eigenvalue weighted by Crippen LogP contribution is -2.41. The SMILES string of the molecule is Cc1cnn(C2CCCN(C(=O)c3cc(=O)c4ccccc4o3)C2)c1. The number of para-hydroxylation sites is 1. The first kappa shape index (κ1) is 15.6. The summed E-state index contributed by atoms with van der Waals surface area (Å²) in [6.45, 7) is 3.22. The molecule has 0 N–H and O–H groups in total. The van der Waals surface area contributed by atoms with Crippen LogP contribution < -0.4 is 5.43 Å². The molecule has 1 atom stereocenters. The lowest BCUT2D eigenvalue weighted by Gasteiger charge is -2.32. The fraction of sp³-hybridized carbons (Fsp3) is 0.316. The molecule has 3 aromatic rings. The number of hydrogen-bond donors (Lipinski definition) is 0. The summed E-state index contributed by atoms with van der Waals surface area (Å²) in [7, 11) is 0. The summed E-state index contributed by atoms with van der Waals surface area (Å²) in [5, 5.41) is 4.85. The van der Waals surface area contributed by atoms with E-state index in [0.29, 0.717) is 24.1 Å². The van der Waals surface area contributed by atoms with Crippen molar-refractivity contribution in [2.24, 2.45) is 0 Å². The van der Waals surface area contributed by atoms with E-state index in [4.69, 9.17) is 4.42 Å². The second kappa shape index (κ2) is 6.20. The van der Waals surface area contributed by atoms with Crippen molar-refractivity contribution in [3.05, 3.63) is 64.3 Å². The molecule has 0 saturated carbocycles. The summed E-state index contributed by atoms with van der Waals surface area (Å²) >= 11 is 0. The number of piperidine rings is 1. The van der Waals surface area contributed by atoms with Crippen LogP contribution in [0.2, 0.25) is 0 Å². The van der Waals surface area contributed by atoms with E-state index in [1.165, 1.54) is 6.07 Å². The Morgan fingerprint density at radius 1 is 1.32 bits per heavy atom. The number of nitrogens with zero attached hydrogens (tertiary/aromatic N) is 3. The van der Waals surface area contributed by atoms with Gasteiger partial charge in [-0.05, 0) is 37.5 Å². The maximum Gasteiger partial charge on any atom is 0.289 e. The normalized spacial score (nSPS) is 17.8. The van der Waals surface area contributed by atoms with Crippen LogP contribution in [-0.2, 0) is 0 Å². The van der Waals surface area contributed by atoms with Gasteiger partial charge in [-0.1, -0.05) is 12.1 Å². The van der Waals surface area contributed by atoms with E-state index in [9.17, 15) is 9.59 Å². The Morgan fingerprint density at radius 3 is 2.96 bits per heavy atom. The van der Waals surface area contributed by atoms with Crippen LogP contribution >= 0.6 is 0 Å². The molecule has 0 spiro atoms. The lowest BCUT2D eigenvalue weighted by atomic mass is 10.1. The molecule has 0 bridgehead atoms. The van der Waals surface area contributed by atoms with Gasteiger partial charge in [0.25, 0.3) is 5.91 Å². The highest BCUT2D eigenvalue weighted by Gasteiger charge is 2.27. The molecule has 2 aromatic heterocycles. The quantitative estimate of drug-likeness (QED) is 0.721. The highest BCUT2D eigenvalue weighted by Crippen LogP contribution is 2.23. The van der Waals surface area contributed by atoms with Gasteiger partial charge in [0.1, 0.15) is 5.58 Å². The molecule has 1 aliphatic heterocycles. The van der Waals surface area contributed by atoms with Crippen LogP contribution in [0, 0.1) is 6.92 Å². The van der Waals surface area contributed by atoms with Crippen molar-refractivity contribution in [2.75, 3.05) is 13.1 Å². The van der Waals surface area contributed by atoms with Crippen LogP contribution in [0.4, 0.5) is 0 Å². The van der Waals surface area contributed by atoms with Crippen LogP contribution in [0.25, 0.3) is 11.0 Å². The van der Waals surface area contributed by atoms with E-state index < -0.39 is 0 Å². The first-order valence-corrected chi connectivity index (χ1v) is 8.45. The zero-order chi connectivity index (χ0) is 17.4. The zero-order valence-electron chi connectivity index (χ0n) is 14.0. The minimum atomic E-state index is -0.239. The number of amides is 1. The summed E-state index contributed by atoms with van der Waals surface area (Å²) in [6, 6.07) is 8.43. The second-order valence-corrected chi connectivity index (χ2v) is 6.52. The molecule has 4 rings (SSSR count). The van der Waals surface area contributed by atoms with Gasteiger partial charge >= 0.3 is 0 Å². The summed E-state index contributed by atoms with van der Waals surface area (Å²) in [5.74, 6) is -0.141. The number of aromatic nitrogens is 2. The maximum absolute atomic E-state index is 12.8. The molecule has 6 nitrogen and oxygen atoms in total. The van der Waals surface area contributed by atoms with Crippen LogP contribution in [0.15, 0.2) is 51.9 Å². The molecule has 1 fully saturated rings. The van der Waals surface area contributed by atoms with Crippen molar-refractivity contribution in [2.45, 2.75) is 25.8 Å². The first-order chi connectivity index (χ1) is 12.1. The highest BCUT2D eigenvalue weighted by atomic mass is 16.3. The van der Waals surface area contributed by atoms with E-state index in [1.54, 1.807) is 29.2 Å². The predicted molar refractivity (Wildman–Crippen MR) is 93.6 cm³/mol. The molecule has 0 radical (unpaired) electrons. The van der Waals surface area contributed by atoms with E-state index >= 15 is 0 Å². The largest absolute Gasteiger partial charge is 0.451 e. The van der Waals surface area contributed by atoms with E-state index in [1.807, 2.05) is 24.0 Å². The molecule has 6 heteroatoms. The van der Waals surface area contributed by atoms with Crippen molar-refractivity contribution in [1.29, 1.82) is 0 Å². The van der Waals surface area contributed by atoms with Gasteiger partial charge in [-0.25, -0.2) is 0 Å². The molecule has 1 aliphatic rings. The van der Waals surface area contributed by atoms with E-state index in [2.05, 4.69) is 5.10 Å². The Bertz CT molecular complexity index is 989. The molecule has 1 amide bonds. The molecule has 25 heavy (non-hydrogen) atoms. The average Bonchev–Trinajstić information content (AvgIpc) is 3.08. The monoisotopic (exact) mass is 337 g/mol. The Hall–Kier alpha value is -2.89. The van der Waals surface area contributed by atoms with Crippen LogP contribution in [0.3, 0.4) is 0 Å². The van der Waals surface area contributed by atoms with Crippen molar-refractivity contribution < 1.29 is 9.21 Å². The number of rotatable bonds is 2. The molecular weight excluding hydrogens is 318 g/mol. The third-order valence-electron chi connectivity index (χ3n) is 4.63. The summed E-state index contributed by atoms with van der Waals surface area (Å²) in [6.07, 6.45) is 5.69. The van der Waals surface area contributed by atoms with E-state index in [-0.39, 0.29) is 23.1 Å². The summed E-state index contributed by atoms with van der Waals surface area (Å²) in [5.41, 5.74) is 1.35. The Kier molecular flexibility index (Phi) is 3.87. The minimum Gasteiger partial charge on any atom is -0.451 e. The van der Waals surface area contributed by atoms with Gasteiger partial charge in [0, 0.05) is 25.4 Å². The Labute approximate surface area is 144 Å². The fourth-order valence-corrected chi connectivity index (χ4v) is 3.35. The Morgan fingerprint density at radius 2 is 2.16 bits per heavy atom. The smallest absolute Gasteiger partial charge is 0.289 e. The molecule has 128 valence electrons. The molecule has 3 heterocycles. The van der Waals surface area contributed by atoms with Gasteiger partial charge in [-0.2, -0.15) is 5.10 Å². The molecule has 1 unspecified atom stereocenters. The number of carbonyl (C=O) groups excluding carboxylic acids is 1. The predicted octanol–water partition coefficient (Wildman–Crippen LogP) is 2.78. The van der Waals surface area contributed by atoms with Crippen molar-refractivity contribution in [1.82, 2.24) is 14.7 Å². The topological polar surface area (TPSA) is 68.3 Å². The minimum absolute atomic E-state index is 0.0981. The number of likely N-dealkylation sites (tertiary alicyclic amines) is 1. The highest BCUT2D eigenvalue weighted by molar-refractivity contribution is 5.93. The second-order valence-electron chi connectivity index (χ2n) is 6.52. The van der Waals surface area contributed by atoms with Crippen LogP contribution in [0.5, 0.6) is 0 Å². The van der Waals surface area contributed by atoms with Gasteiger partial charge in [0.15, 0.2) is 11.2 Å². The third kappa shape index (κ3) is 2.95. The number of fused-ring (bicyclic) bond motifs is 1. The molecular formula is C19H19N3O3. The maximum atomic E-state index is 12.8. The number of benzene rings is 1. The fourth-order valence-electron chi connectivity index (χ4n) is 3.35. The van der Waals surface area contributed by atoms with Gasteiger partial charge in [0.05, 0.1) is 17.6 Å². The van der Waals surface area contributed by atoms with Gasteiger partial charge < -0.3 is 9.32 Å².